The average Bonchev–Trinajstić information content (AvgIpc) is 2.32. The van der Waals surface area contributed by atoms with E-state index in [1.807, 2.05) is 6.92 Å². The number of hydrogen-bond acceptors (Lipinski definition) is 3. The van der Waals surface area contributed by atoms with Crippen molar-refractivity contribution in [3.63, 3.8) is 0 Å². The quantitative estimate of drug-likeness (QED) is 0.610. The van der Waals surface area contributed by atoms with Gasteiger partial charge in [-0.05, 0) is 43.7 Å². The maximum atomic E-state index is 12.1. The van der Waals surface area contributed by atoms with Crippen LogP contribution in [-0.4, -0.2) is 37.3 Å². The van der Waals surface area contributed by atoms with Crippen LogP contribution in [0.25, 0.3) is 0 Å². The molecule has 0 saturated carbocycles. The van der Waals surface area contributed by atoms with Crippen LogP contribution in [0.2, 0.25) is 0 Å². The van der Waals surface area contributed by atoms with Crippen molar-refractivity contribution >= 4 is 5.91 Å². The number of nitrogens with one attached hydrogen (secondary N) is 2. The molecule has 3 N–H and O–H groups in total. The average molecular weight is 256 g/mol. The molecular weight excluding hydrogens is 228 g/mol. The minimum atomic E-state index is 0.0575. The van der Waals surface area contributed by atoms with E-state index in [-0.39, 0.29) is 23.8 Å². The molecule has 18 heavy (non-hydrogen) atoms. The standard InChI is InChI=1S/C14H28N2O2/c1-4-14(5-2,6-7-17)10-16-13(18)11(3)12-8-15-9-12/h11-12,15,17H,4-10H2,1-3H3,(H,16,18). The Labute approximate surface area is 111 Å². The molecule has 4 heteroatoms. The fourth-order valence-electron chi connectivity index (χ4n) is 2.49. The molecule has 0 aromatic heterocycles. The number of carbonyl (C=O) groups excluding carboxylic acids is 1. The van der Waals surface area contributed by atoms with Gasteiger partial charge in [0.2, 0.25) is 5.91 Å². The van der Waals surface area contributed by atoms with Crippen LogP contribution in [-0.2, 0) is 4.79 Å². The van der Waals surface area contributed by atoms with Gasteiger partial charge in [-0.15, -0.1) is 0 Å². The molecule has 0 aromatic carbocycles. The molecule has 1 atom stereocenters. The van der Waals surface area contributed by atoms with Crippen molar-refractivity contribution < 1.29 is 9.90 Å². The first-order valence-electron chi connectivity index (χ1n) is 7.18. The first-order chi connectivity index (χ1) is 8.58. The fourth-order valence-corrected chi connectivity index (χ4v) is 2.49. The van der Waals surface area contributed by atoms with Crippen LogP contribution in [0.1, 0.15) is 40.0 Å². The zero-order valence-corrected chi connectivity index (χ0v) is 12.0. The molecule has 0 bridgehead atoms. The van der Waals surface area contributed by atoms with E-state index in [2.05, 4.69) is 24.5 Å². The van der Waals surface area contributed by atoms with E-state index in [0.29, 0.717) is 12.5 Å². The number of rotatable bonds is 8. The summed E-state index contributed by atoms with van der Waals surface area (Å²) >= 11 is 0. The summed E-state index contributed by atoms with van der Waals surface area (Å²) in [5, 5.41) is 15.4. The van der Waals surface area contributed by atoms with Crippen LogP contribution < -0.4 is 10.6 Å². The molecule has 1 saturated heterocycles. The third-order valence-electron chi connectivity index (χ3n) is 4.71. The van der Waals surface area contributed by atoms with E-state index < -0.39 is 0 Å². The summed E-state index contributed by atoms with van der Waals surface area (Å²) in [5.41, 5.74) is 0.0575. The normalized spacial score (nSPS) is 18.2. The smallest absolute Gasteiger partial charge is 0.223 e. The van der Waals surface area contributed by atoms with Gasteiger partial charge in [0, 0.05) is 19.1 Å². The molecule has 0 aromatic rings. The molecule has 1 fully saturated rings. The second kappa shape index (κ2) is 7.10. The lowest BCUT2D eigenvalue weighted by Crippen LogP contribution is -2.50. The zero-order valence-electron chi connectivity index (χ0n) is 12.0. The van der Waals surface area contributed by atoms with Crippen LogP contribution in [0, 0.1) is 17.3 Å². The van der Waals surface area contributed by atoms with Gasteiger partial charge in [0.15, 0.2) is 0 Å². The van der Waals surface area contributed by atoms with Crippen molar-refractivity contribution in [2.45, 2.75) is 40.0 Å². The van der Waals surface area contributed by atoms with Gasteiger partial charge in [0.05, 0.1) is 0 Å². The number of carbonyl (C=O) groups is 1. The minimum Gasteiger partial charge on any atom is -0.396 e. The third kappa shape index (κ3) is 3.69. The van der Waals surface area contributed by atoms with Gasteiger partial charge in [0.25, 0.3) is 0 Å². The minimum absolute atomic E-state index is 0.0575. The summed E-state index contributed by atoms with van der Waals surface area (Å²) in [7, 11) is 0. The van der Waals surface area contributed by atoms with E-state index in [1.54, 1.807) is 0 Å². The van der Waals surface area contributed by atoms with Gasteiger partial charge in [-0.1, -0.05) is 20.8 Å². The Morgan fingerprint density at radius 2 is 2.06 bits per heavy atom. The maximum absolute atomic E-state index is 12.1. The summed E-state index contributed by atoms with van der Waals surface area (Å²) in [6.07, 6.45) is 2.74. The molecular formula is C14H28N2O2. The van der Waals surface area contributed by atoms with Crippen LogP contribution in [0.4, 0.5) is 0 Å². The Morgan fingerprint density at radius 1 is 1.44 bits per heavy atom. The topological polar surface area (TPSA) is 61.4 Å². The highest BCUT2D eigenvalue weighted by atomic mass is 16.3. The molecule has 1 unspecified atom stereocenters. The molecule has 1 aliphatic heterocycles. The van der Waals surface area contributed by atoms with Crippen molar-refractivity contribution in [3.05, 3.63) is 0 Å². The van der Waals surface area contributed by atoms with Gasteiger partial charge in [-0.2, -0.15) is 0 Å². The van der Waals surface area contributed by atoms with Crippen LogP contribution in [0.3, 0.4) is 0 Å². The second-order valence-corrected chi connectivity index (χ2v) is 5.61. The molecule has 1 aliphatic rings. The first kappa shape index (κ1) is 15.4. The van der Waals surface area contributed by atoms with Gasteiger partial charge in [0.1, 0.15) is 0 Å². The molecule has 0 radical (unpaired) electrons. The lowest BCUT2D eigenvalue weighted by Gasteiger charge is -2.34. The van der Waals surface area contributed by atoms with E-state index in [0.717, 1.165) is 32.4 Å². The number of aliphatic hydroxyl groups is 1. The highest BCUT2D eigenvalue weighted by Crippen LogP contribution is 2.29. The van der Waals surface area contributed by atoms with Gasteiger partial charge in [-0.25, -0.2) is 0 Å². The van der Waals surface area contributed by atoms with Crippen LogP contribution in [0.15, 0.2) is 0 Å². The van der Waals surface area contributed by atoms with Crippen molar-refractivity contribution in [2.24, 2.45) is 17.3 Å². The summed E-state index contributed by atoms with van der Waals surface area (Å²) in [6, 6.07) is 0. The number of amides is 1. The van der Waals surface area contributed by atoms with E-state index >= 15 is 0 Å². The molecule has 0 aliphatic carbocycles. The van der Waals surface area contributed by atoms with E-state index in [1.165, 1.54) is 0 Å². The molecule has 0 spiro atoms. The SMILES string of the molecule is CCC(CC)(CCO)CNC(=O)C(C)C1CNC1. The summed E-state index contributed by atoms with van der Waals surface area (Å²) in [4.78, 5) is 12.1. The Bertz CT molecular complexity index is 261. The Kier molecular flexibility index (Phi) is 6.09. The van der Waals surface area contributed by atoms with Gasteiger partial charge < -0.3 is 15.7 Å². The summed E-state index contributed by atoms with van der Waals surface area (Å²) < 4.78 is 0. The highest BCUT2D eigenvalue weighted by molar-refractivity contribution is 5.78. The molecule has 106 valence electrons. The fraction of sp³-hybridized carbons (Fsp3) is 0.929. The van der Waals surface area contributed by atoms with Crippen LogP contribution in [0.5, 0.6) is 0 Å². The van der Waals surface area contributed by atoms with Crippen molar-refractivity contribution in [1.29, 1.82) is 0 Å². The number of hydrogen-bond donors (Lipinski definition) is 3. The number of aliphatic hydroxyl groups excluding tert-OH is 1. The maximum Gasteiger partial charge on any atom is 0.223 e. The van der Waals surface area contributed by atoms with Crippen molar-refractivity contribution in [2.75, 3.05) is 26.2 Å². The summed E-state index contributed by atoms with van der Waals surface area (Å²) in [5.74, 6) is 0.734. The first-order valence-corrected chi connectivity index (χ1v) is 7.18. The van der Waals surface area contributed by atoms with Crippen LogP contribution >= 0.6 is 0 Å². The van der Waals surface area contributed by atoms with Gasteiger partial charge >= 0.3 is 0 Å². The van der Waals surface area contributed by atoms with E-state index in [4.69, 9.17) is 5.11 Å². The zero-order chi connectivity index (χ0) is 13.6. The predicted molar refractivity (Wildman–Crippen MR) is 73.3 cm³/mol. The molecule has 1 rings (SSSR count). The summed E-state index contributed by atoms with van der Waals surface area (Å²) in [6.45, 7) is 9.06. The molecule has 4 nitrogen and oxygen atoms in total. The largest absolute Gasteiger partial charge is 0.396 e. The van der Waals surface area contributed by atoms with Crippen molar-refractivity contribution in [1.82, 2.24) is 10.6 Å². The second-order valence-electron chi connectivity index (χ2n) is 5.61. The van der Waals surface area contributed by atoms with E-state index in [9.17, 15) is 4.79 Å². The predicted octanol–water partition coefficient (Wildman–Crippen LogP) is 1.15. The highest BCUT2D eigenvalue weighted by Gasteiger charge is 2.31. The Hall–Kier alpha value is -0.610. The lowest BCUT2D eigenvalue weighted by atomic mass is 9.79. The van der Waals surface area contributed by atoms with Crippen molar-refractivity contribution in [3.8, 4) is 0 Å². The van der Waals surface area contributed by atoms with Gasteiger partial charge in [-0.3, -0.25) is 4.79 Å². The monoisotopic (exact) mass is 256 g/mol. The Balaban J connectivity index is 2.43. The molecule has 1 amide bonds. The third-order valence-corrected chi connectivity index (χ3v) is 4.71. The molecule has 1 heterocycles. The Morgan fingerprint density at radius 3 is 2.44 bits per heavy atom. The lowest BCUT2D eigenvalue weighted by molar-refractivity contribution is -0.127.